The van der Waals surface area contributed by atoms with Crippen LogP contribution in [-0.4, -0.2) is 20.7 Å². The van der Waals surface area contributed by atoms with Crippen molar-refractivity contribution in [3.8, 4) is 22.9 Å². The monoisotopic (exact) mass is 408 g/mol. The smallest absolute Gasteiger partial charge is 0.344 e. The fraction of sp³-hybridized carbons (Fsp3) is 0.200. The zero-order valence-corrected chi connectivity index (χ0v) is 17.3. The molecule has 4 aromatic rings. The number of hydrogen-bond donors (Lipinski definition) is 0. The van der Waals surface area contributed by atoms with Crippen molar-refractivity contribution >= 4 is 17.0 Å². The first-order valence-electron chi connectivity index (χ1n) is 10.2. The predicted octanol–water partition coefficient (Wildman–Crippen LogP) is 4.91. The van der Waals surface area contributed by atoms with Crippen LogP contribution in [0.25, 0.3) is 22.2 Å². The second-order valence-corrected chi connectivity index (χ2v) is 7.88. The molecule has 2 heterocycles. The summed E-state index contributed by atoms with van der Waals surface area (Å²) in [7, 11) is 1.84. The SMILES string of the molecule is Cc1nn(C)c2nc(C3CC3)cc(C(=O)Oc3ccc(-c4ccc(C#N)cc4)cc3)c12. The van der Waals surface area contributed by atoms with Gasteiger partial charge in [0.25, 0.3) is 0 Å². The number of aryl methyl sites for hydroxylation is 2. The fourth-order valence-electron chi connectivity index (χ4n) is 3.83. The number of esters is 1. The van der Waals surface area contributed by atoms with Crippen LogP contribution in [0.15, 0.2) is 54.6 Å². The van der Waals surface area contributed by atoms with Crippen LogP contribution < -0.4 is 4.74 Å². The van der Waals surface area contributed by atoms with Gasteiger partial charge in [-0.15, -0.1) is 0 Å². The fourth-order valence-corrected chi connectivity index (χ4v) is 3.83. The van der Waals surface area contributed by atoms with Crippen molar-refractivity contribution in [2.45, 2.75) is 25.7 Å². The second kappa shape index (κ2) is 7.37. The molecule has 0 saturated heterocycles. The molecular weight excluding hydrogens is 388 g/mol. The van der Waals surface area contributed by atoms with Gasteiger partial charge in [0.2, 0.25) is 0 Å². The van der Waals surface area contributed by atoms with Crippen molar-refractivity contribution in [2.24, 2.45) is 7.05 Å². The maximum absolute atomic E-state index is 13.1. The molecule has 152 valence electrons. The van der Waals surface area contributed by atoms with Crippen LogP contribution >= 0.6 is 0 Å². The molecule has 1 aliphatic carbocycles. The highest BCUT2D eigenvalue weighted by Crippen LogP contribution is 2.40. The van der Waals surface area contributed by atoms with E-state index in [9.17, 15) is 4.79 Å². The molecule has 1 aliphatic rings. The number of benzene rings is 2. The van der Waals surface area contributed by atoms with E-state index in [1.807, 2.05) is 44.3 Å². The third-order valence-corrected chi connectivity index (χ3v) is 5.62. The maximum atomic E-state index is 13.1. The van der Waals surface area contributed by atoms with Gasteiger partial charge in [0, 0.05) is 18.7 Å². The number of aromatic nitrogens is 3. The van der Waals surface area contributed by atoms with Crippen molar-refractivity contribution in [2.75, 3.05) is 0 Å². The predicted molar refractivity (Wildman–Crippen MR) is 117 cm³/mol. The molecule has 6 nitrogen and oxygen atoms in total. The van der Waals surface area contributed by atoms with Crippen molar-refractivity contribution in [1.82, 2.24) is 14.8 Å². The van der Waals surface area contributed by atoms with Gasteiger partial charge in [-0.3, -0.25) is 4.68 Å². The minimum atomic E-state index is -0.406. The molecule has 1 saturated carbocycles. The average molecular weight is 408 g/mol. The lowest BCUT2D eigenvalue weighted by atomic mass is 10.0. The van der Waals surface area contributed by atoms with Crippen LogP contribution in [0.5, 0.6) is 5.75 Å². The van der Waals surface area contributed by atoms with Gasteiger partial charge in [0.15, 0.2) is 5.65 Å². The molecule has 0 unspecified atom stereocenters. The largest absolute Gasteiger partial charge is 0.423 e. The molecule has 0 amide bonds. The van der Waals surface area contributed by atoms with E-state index in [4.69, 9.17) is 15.0 Å². The molecule has 0 atom stereocenters. The van der Waals surface area contributed by atoms with E-state index in [-0.39, 0.29) is 0 Å². The Hall–Kier alpha value is -3.98. The Morgan fingerprint density at radius 1 is 1.10 bits per heavy atom. The molecule has 0 spiro atoms. The third-order valence-electron chi connectivity index (χ3n) is 5.62. The topological polar surface area (TPSA) is 80.8 Å². The zero-order valence-electron chi connectivity index (χ0n) is 17.3. The van der Waals surface area contributed by atoms with Gasteiger partial charge in [-0.1, -0.05) is 24.3 Å². The van der Waals surface area contributed by atoms with Crippen molar-refractivity contribution in [3.63, 3.8) is 0 Å². The molecule has 0 bridgehead atoms. The van der Waals surface area contributed by atoms with Crippen molar-refractivity contribution < 1.29 is 9.53 Å². The van der Waals surface area contributed by atoms with Crippen molar-refractivity contribution in [3.05, 3.63) is 77.1 Å². The molecule has 0 radical (unpaired) electrons. The van der Waals surface area contributed by atoms with E-state index in [0.29, 0.717) is 28.4 Å². The van der Waals surface area contributed by atoms with Gasteiger partial charge in [0.05, 0.1) is 28.3 Å². The number of carbonyl (C=O) groups excluding carboxylic acids is 1. The quantitative estimate of drug-likeness (QED) is 0.354. The number of rotatable bonds is 4. The Kier molecular flexibility index (Phi) is 4.52. The summed E-state index contributed by atoms with van der Waals surface area (Å²) >= 11 is 0. The number of nitriles is 1. The standard InChI is InChI=1S/C25H20N4O2/c1-15-23-21(13-22(19-7-8-19)27-24(23)29(2)28-15)25(30)31-20-11-9-18(10-12-20)17-5-3-16(14-26)4-6-17/h3-6,9-13,19H,7-8H2,1-2H3. The molecular formula is C25H20N4O2. The summed E-state index contributed by atoms with van der Waals surface area (Å²) in [5.41, 5.74) is 5.50. The highest BCUT2D eigenvalue weighted by molar-refractivity contribution is 6.04. The second-order valence-electron chi connectivity index (χ2n) is 7.88. The Labute approximate surface area is 179 Å². The van der Waals surface area contributed by atoms with Crippen LogP contribution in [0.2, 0.25) is 0 Å². The van der Waals surface area contributed by atoms with Crippen molar-refractivity contribution in [1.29, 1.82) is 5.26 Å². The number of fused-ring (bicyclic) bond motifs is 1. The van der Waals surface area contributed by atoms with E-state index >= 15 is 0 Å². The first kappa shape index (κ1) is 19.0. The number of ether oxygens (including phenoxy) is 1. The van der Waals surface area contributed by atoms with Crippen LogP contribution in [0.1, 0.15) is 46.1 Å². The minimum Gasteiger partial charge on any atom is -0.423 e. The average Bonchev–Trinajstić information content (AvgIpc) is 3.60. The number of hydrogen-bond acceptors (Lipinski definition) is 5. The summed E-state index contributed by atoms with van der Waals surface area (Å²) in [6.07, 6.45) is 2.20. The lowest BCUT2D eigenvalue weighted by Gasteiger charge is -2.09. The lowest BCUT2D eigenvalue weighted by molar-refractivity contribution is 0.0736. The Morgan fingerprint density at radius 2 is 1.74 bits per heavy atom. The summed E-state index contributed by atoms with van der Waals surface area (Å²) in [6.45, 7) is 1.88. The van der Waals surface area contributed by atoms with E-state index in [2.05, 4.69) is 11.2 Å². The summed E-state index contributed by atoms with van der Waals surface area (Å²) < 4.78 is 7.43. The molecule has 0 aliphatic heterocycles. The molecule has 2 aromatic heterocycles. The highest BCUT2D eigenvalue weighted by atomic mass is 16.5. The molecule has 2 aromatic carbocycles. The Balaban J connectivity index is 1.43. The number of nitrogens with zero attached hydrogens (tertiary/aromatic N) is 4. The van der Waals surface area contributed by atoms with Gasteiger partial charge in [-0.2, -0.15) is 10.4 Å². The van der Waals surface area contributed by atoms with Gasteiger partial charge in [-0.25, -0.2) is 9.78 Å². The number of pyridine rings is 1. The molecule has 31 heavy (non-hydrogen) atoms. The van der Waals surface area contributed by atoms with E-state index < -0.39 is 5.97 Å². The third kappa shape index (κ3) is 3.55. The first-order valence-corrected chi connectivity index (χ1v) is 10.2. The summed E-state index contributed by atoms with van der Waals surface area (Å²) in [5, 5.41) is 14.1. The van der Waals surface area contributed by atoms with Crippen LogP contribution in [-0.2, 0) is 7.05 Å². The number of carbonyl (C=O) groups is 1. The maximum Gasteiger partial charge on any atom is 0.344 e. The van der Waals surface area contributed by atoms with Gasteiger partial charge in [0.1, 0.15) is 5.75 Å². The molecule has 6 heteroatoms. The van der Waals surface area contributed by atoms with E-state index in [0.717, 1.165) is 40.7 Å². The highest BCUT2D eigenvalue weighted by Gasteiger charge is 2.29. The Bertz CT molecular complexity index is 1340. The zero-order chi connectivity index (χ0) is 21.5. The molecule has 5 rings (SSSR count). The Morgan fingerprint density at radius 3 is 2.35 bits per heavy atom. The van der Waals surface area contributed by atoms with Crippen LogP contribution in [0.4, 0.5) is 0 Å². The van der Waals surface area contributed by atoms with Gasteiger partial charge < -0.3 is 4.74 Å². The minimum absolute atomic E-state index is 0.406. The van der Waals surface area contributed by atoms with E-state index in [1.54, 1.807) is 28.9 Å². The summed E-state index contributed by atoms with van der Waals surface area (Å²) in [4.78, 5) is 17.8. The molecule has 1 fully saturated rings. The first-order chi connectivity index (χ1) is 15.0. The molecule has 0 N–H and O–H groups in total. The van der Waals surface area contributed by atoms with Crippen LogP contribution in [0, 0.1) is 18.3 Å². The van der Waals surface area contributed by atoms with Gasteiger partial charge >= 0.3 is 5.97 Å². The lowest BCUT2D eigenvalue weighted by Crippen LogP contribution is -2.11. The summed E-state index contributed by atoms with van der Waals surface area (Å²) in [5.74, 6) is 0.483. The van der Waals surface area contributed by atoms with Gasteiger partial charge in [-0.05, 0) is 61.2 Å². The van der Waals surface area contributed by atoms with E-state index in [1.165, 1.54) is 0 Å². The van der Waals surface area contributed by atoms with Crippen LogP contribution in [0.3, 0.4) is 0 Å². The normalized spacial score (nSPS) is 13.2. The summed E-state index contributed by atoms with van der Waals surface area (Å²) in [6, 6.07) is 18.7.